The molecular weight excluding hydrogens is 356 g/mol. The Morgan fingerprint density at radius 3 is 2.62 bits per heavy atom. The summed E-state index contributed by atoms with van der Waals surface area (Å²) < 4.78 is 53.6. The lowest BCUT2D eigenvalue weighted by atomic mass is 9.98. The molecule has 0 saturated carbocycles. The van der Waals surface area contributed by atoms with Gasteiger partial charge >= 0.3 is 6.18 Å². The van der Waals surface area contributed by atoms with E-state index >= 15 is 0 Å². The van der Waals surface area contributed by atoms with Crippen LogP contribution in [0.15, 0.2) is 23.0 Å². The summed E-state index contributed by atoms with van der Waals surface area (Å²) in [6, 6.07) is 2.23. The van der Waals surface area contributed by atoms with E-state index in [4.69, 9.17) is 0 Å². The Morgan fingerprint density at radius 2 is 2.04 bits per heavy atom. The fourth-order valence-electron chi connectivity index (χ4n) is 2.79. The number of benzene rings is 1. The van der Waals surface area contributed by atoms with Gasteiger partial charge in [0.25, 0.3) is 5.56 Å². The third-order valence-electron chi connectivity index (χ3n) is 4.04. The number of nitrogens with one attached hydrogen (secondary N) is 1. The molecule has 0 aliphatic rings. The predicted octanol–water partition coefficient (Wildman–Crippen LogP) is 2.53. The lowest BCUT2D eigenvalue weighted by molar-refractivity contribution is -0.137. The number of alkyl halides is 3. The Hall–Kier alpha value is -2.75. The Bertz CT molecular complexity index is 1040. The van der Waals surface area contributed by atoms with Gasteiger partial charge in [-0.25, -0.2) is 13.9 Å². The van der Waals surface area contributed by atoms with Crippen LogP contribution in [0.4, 0.5) is 17.6 Å². The number of rotatable bonds is 3. The smallest absolute Gasteiger partial charge is 0.390 e. The lowest BCUT2D eigenvalue weighted by Crippen LogP contribution is -2.17. The first kappa shape index (κ1) is 18.1. The van der Waals surface area contributed by atoms with E-state index < -0.39 is 35.6 Å². The fraction of sp³-hybridized carbons (Fsp3) is 0.312. The van der Waals surface area contributed by atoms with Gasteiger partial charge in [-0.1, -0.05) is 13.0 Å². The van der Waals surface area contributed by atoms with E-state index in [0.29, 0.717) is 6.07 Å². The summed E-state index contributed by atoms with van der Waals surface area (Å²) in [5.74, 6) is -1.45. The van der Waals surface area contributed by atoms with Crippen molar-refractivity contribution in [3.63, 3.8) is 0 Å². The van der Waals surface area contributed by atoms with E-state index in [2.05, 4.69) is 15.1 Å². The van der Waals surface area contributed by atoms with E-state index in [1.165, 1.54) is 18.4 Å². The molecule has 6 nitrogen and oxygen atoms in total. The van der Waals surface area contributed by atoms with Gasteiger partial charge in [0.2, 0.25) is 0 Å². The first-order valence-electron chi connectivity index (χ1n) is 7.59. The molecule has 2 heterocycles. The van der Waals surface area contributed by atoms with Gasteiger partial charge in [-0.2, -0.15) is 18.3 Å². The van der Waals surface area contributed by atoms with Gasteiger partial charge in [0, 0.05) is 5.92 Å². The number of aliphatic hydroxyl groups is 1. The molecule has 0 aliphatic heterocycles. The highest BCUT2D eigenvalue weighted by Crippen LogP contribution is 2.33. The fourth-order valence-corrected chi connectivity index (χ4v) is 2.79. The molecule has 0 bridgehead atoms. The van der Waals surface area contributed by atoms with Crippen LogP contribution >= 0.6 is 0 Å². The predicted molar refractivity (Wildman–Crippen MR) is 83.2 cm³/mol. The van der Waals surface area contributed by atoms with Crippen LogP contribution in [0.3, 0.4) is 0 Å². The SMILES string of the molecule is Cc1nn2c([C@H](C)c3ccc(C(F)(F)F)cc3F)nc(CO)c2c(=O)[nH]1. The molecule has 0 aliphatic carbocycles. The molecule has 138 valence electrons. The van der Waals surface area contributed by atoms with E-state index in [-0.39, 0.29) is 28.4 Å². The van der Waals surface area contributed by atoms with Gasteiger partial charge in [0.15, 0.2) is 5.52 Å². The van der Waals surface area contributed by atoms with Crippen molar-refractivity contribution in [2.75, 3.05) is 0 Å². The molecule has 0 amide bonds. The molecular formula is C16H14F4N4O2. The average molecular weight is 370 g/mol. The van der Waals surface area contributed by atoms with Gasteiger partial charge in [0.1, 0.15) is 17.5 Å². The second-order valence-corrected chi connectivity index (χ2v) is 5.83. The van der Waals surface area contributed by atoms with Crippen molar-refractivity contribution in [3.8, 4) is 0 Å². The maximum absolute atomic E-state index is 14.3. The first-order valence-corrected chi connectivity index (χ1v) is 7.59. The molecule has 3 aromatic rings. The van der Waals surface area contributed by atoms with Crippen LogP contribution in [0.2, 0.25) is 0 Å². The summed E-state index contributed by atoms with van der Waals surface area (Å²) in [4.78, 5) is 18.7. The number of nitrogens with zero attached hydrogens (tertiary/aromatic N) is 3. The number of aromatic nitrogens is 4. The second-order valence-electron chi connectivity index (χ2n) is 5.83. The highest BCUT2D eigenvalue weighted by atomic mass is 19.4. The monoisotopic (exact) mass is 370 g/mol. The molecule has 26 heavy (non-hydrogen) atoms. The second kappa shape index (κ2) is 6.20. The maximum atomic E-state index is 14.3. The van der Waals surface area contributed by atoms with Crippen LogP contribution in [0.5, 0.6) is 0 Å². The third-order valence-corrected chi connectivity index (χ3v) is 4.04. The minimum absolute atomic E-state index is 0.00673. The standard InChI is InChI=1S/C16H14F4N4O2/c1-7(10-4-3-9(5-11(10)17)16(18,19)20)14-22-12(6-25)13-15(26)21-8(2)23-24(13)14/h3-5,7,25H,6H2,1-2H3,(H,21,23,26)/t7-/m1/s1. The summed E-state index contributed by atoms with van der Waals surface area (Å²) in [5.41, 5.74) is -1.60. The molecule has 10 heteroatoms. The van der Waals surface area contributed by atoms with Gasteiger partial charge in [-0.15, -0.1) is 0 Å². The number of H-pyrrole nitrogens is 1. The number of aryl methyl sites for hydroxylation is 1. The summed E-state index contributed by atoms with van der Waals surface area (Å²) in [7, 11) is 0. The number of aromatic amines is 1. The highest BCUT2D eigenvalue weighted by Gasteiger charge is 2.32. The number of aliphatic hydroxyl groups excluding tert-OH is 1. The quantitative estimate of drug-likeness (QED) is 0.694. The van der Waals surface area contributed by atoms with E-state index in [0.717, 1.165) is 12.1 Å². The topological polar surface area (TPSA) is 83.3 Å². The van der Waals surface area contributed by atoms with Gasteiger partial charge in [0.05, 0.1) is 17.9 Å². The summed E-state index contributed by atoms with van der Waals surface area (Å²) >= 11 is 0. The van der Waals surface area contributed by atoms with Gasteiger partial charge in [-0.05, 0) is 24.6 Å². The number of halogens is 4. The zero-order valence-electron chi connectivity index (χ0n) is 13.7. The van der Waals surface area contributed by atoms with Crippen molar-refractivity contribution in [2.24, 2.45) is 0 Å². The zero-order chi connectivity index (χ0) is 19.2. The van der Waals surface area contributed by atoms with Crippen molar-refractivity contribution < 1.29 is 22.7 Å². The lowest BCUT2D eigenvalue weighted by Gasteiger charge is -2.14. The Labute approximate surface area is 144 Å². The summed E-state index contributed by atoms with van der Waals surface area (Å²) in [5, 5.41) is 13.5. The van der Waals surface area contributed by atoms with E-state index in [1.807, 2.05) is 0 Å². The summed E-state index contributed by atoms with van der Waals surface area (Å²) in [6.07, 6.45) is -4.65. The van der Waals surface area contributed by atoms with Gasteiger partial charge in [-0.3, -0.25) is 4.79 Å². The van der Waals surface area contributed by atoms with Crippen molar-refractivity contribution >= 4 is 5.52 Å². The van der Waals surface area contributed by atoms with Crippen LogP contribution in [0, 0.1) is 12.7 Å². The molecule has 0 radical (unpaired) electrons. The van der Waals surface area contributed by atoms with Crippen LogP contribution in [0.1, 0.15) is 41.3 Å². The number of hydrogen-bond donors (Lipinski definition) is 2. The number of imidazole rings is 1. The zero-order valence-corrected chi connectivity index (χ0v) is 13.7. The highest BCUT2D eigenvalue weighted by molar-refractivity contribution is 5.51. The van der Waals surface area contributed by atoms with Crippen LogP contribution in [0.25, 0.3) is 5.52 Å². The van der Waals surface area contributed by atoms with E-state index in [9.17, 15) is 27.5 Å². The number of fused-ring (bicyclic) bond motifs is 1. The van der Waals surface area contributed by atoms with Crippen LogP contribution < -0.4 is 5.56 Å². The minimum Gasteiger partial charge on any atom is -0.390 e. The maximum Gasteiger partial charge on any atom is 0.416 e. The molecule has 1 atom stereocenters. The summed E-state index contributed by atoms with van der Waals surface area (Å²) in [6.45, 7) is 2.52. The van der Waals surface area contributed by atoms with Crippen LogP contribution in [-0.4, -0.2) is 24.7 Å². The molecule has 0 unspecified atom stereocenters. The van der Waals surface area contributed by atoms with Crippen molar-refractivity contribution in [2.45, 2.75) is 32.5 Å². The van der Waals surface area contributed by atoms with Crippen molar-refractivity contribution in [3.05, 3.63) is 62.8 Å². The molecule has 3 rings (SSSR count). The third kappa shape index (κ3) is 2.96. The largest absolute Gasteiger partial charge is 0.416 e. The molecule has 1 aromatic carbocycles. The molecule has 0 spiro atoms. The Balaban J connectivity index is 2.17. The number of hydrogen-bond acceptors (Lipinski definition) is 4. The molecule has 0 saturated heterocycles. The Kier molecular flexibility index (Phi) is 4.31. The normalized spacial score (nSPS) is 13.3. The molecule has 2 aromatic heterocycles. The van der Waals surface area contributed by atoms with E-state index in [1.54, 1.807) is 0 Å². The molecule has 0 fully saturated rings. The van der Waals surface area contributed by atoms with Crippen LogP contribution in [-0.2, 0) is 12.8 Å². The van der Waals surface area contributed by atoms with Gasteiger partial charge < -0.3 is 10.1 Å². The average Bonchev–Trinajstić information content (AvgIpc) is 2.92. The van der Waals surface area contributed by atoms with Crippen molar-refractivity contribution in [1.82, 2.24) is 19.6 Å². The molecule has 2 N–H and O–H groups in total. The Morgan fingerprint density at radius 1 is 1.35 bits per heavy atom. The van der Waals surface area contributed by atoms with Crippen molar-refractivity contribution in [1.29, 1.82) is 0 Å². The minimum atomic E-state index is -4.65. The first-order chi connectivity index (χ1) is 12.1.